The van der Waals surface area contributed by atoms with Gasteiger partial charge in [0.05, 0.1) is 5.69 Å². The van der Waals surface area contributed by atoms with Crippen LogP contribution in [0.1, 0.15) is 16.7 Å². The fraction of sp³-hybridized carbons (Fsp3) is 0.190. The van der Waals surface area contributed by atoms with Gasteiger partial charge in [-0.3, -0.25) is 14.9 Å². The number of imide groups is 2. The Hall–Kier alpha value is -3.41. The van der Waals surface area contributed by atoms with Gasteiger partial charge >= 0.3 is 6.03 Å². The highest BCUT2D eigenvalue weighted by atomic mass is 16.2. The van der Waals surface area contributed by atoms with Crippen LogP contribution < -0.4 is 15.1 Å². The number of barbiturate groups is 1. The van der Waals surface area contributed by atoms with E-state index < -0.39 is 17.8 Å². The molecule has 0 spiro atoms. The van der Waals surface area contributed by atoms with Crippen LogP contribution in [0.25, 0.3) is 6.08 Å². The van der Waals surface area contributed by atoms with Crippen molar-refractivity contribution >= 4 is 35.3 Å². The molecule has 4 amide bonds. The first-order valence-electron chi connectivity index (χ1n) is 8.54. The quantitative estimate of drug-likeness (QED) is 0.672. The van der Waals surface area contributed by atoms with Gasteiger partial charge in [0.2, 0.25) is 0 Å². The molecule has 0 radical (unpaired) electrons. The fourth-order valence-corrected chi connectivity index (χ4v) is 2.97. The highest BCUT2D eigenvalue weighted by Crippen LogP contribution is 2.26. The number of amides is 4. The number of hydrogen-bond acceptors (Lipinski definition) is 4. The second-order valence-electron chi connectivity index (χ2n) is 6.73. The molecular weight excluding hydrogens is 342 g/mol. The molecule has 0 aliphatic carbocycles. The van der Waals surface area contributed by atoms with Crippen molar-refractivity contribution in [3.63, 3.8) is 0 Å². The van der Waals surface area contributed by atoms with Crippen molar-refractivity contribution < 1.29 is 14.4 Å². The zero-order chi connectivity index (χ0) is 19.7. The SMILES string of the molecule is Cc1ccc(N2C(=O)NC(=O)/C(=C/c3ccc(N(C)C)cc3)C2=O)c(C)c1. The molecule has 0 unspecified atom stereocenters. The average Bonchev–Trinajstić information content (AvgIpc) is 2.60. The smallest absolute Gasteiger partial charge is 0.335 e. The molecule has 2 aromatic rings. The van der Waals surface area contributed by atoms with Gasteiger partial charge in [0.1, 0.15) is 5.57 Å². The Balaban J connectivity index is 1.99. The van der Waals surface area contributed by atoms with Crippen LogP contribution in [0.15, 0.2) is 48.0 Å². The van der Waals surface area contributed by atoms with Gasteiger partial charge in [0.25, 0.3) is 11.8 Å². The normalized spacial score (nSPS) is 15.9. The maximum Gasteiger partial charge on any atom is 0.335 e. The van der Waals surface area contributed by atoms with Crippen LogP contribution in [-0.4, -0.2) is 31.9 Å². The Morgan fingerprint density at radius 2 is 1.63 bits per heavy atom. The number of nitrogens with zero attached hydrogens (tertiary/aromatic N) is 2. The summed E-state index contributed by atoms with van der Waals surface area (Å²) >= 11 is 0. The van der Waals surface area contributed by atoms with Gasteiger partial charge in [-0.05, 0) is 49.2 Å². The van der Waals surface area contributed by atoms with Gasteiger partial charge in [-0.25, -0.2) is 9.69 Å². The number of carbonyl (C=O) groups excluding carboxylic acids is 3. The largest absolute Gasteiger partial charge is 0.378 e. The molecule has 0 atom stereocenters. The minimum Gasteiger partial charge on any atom is -0.378 e. The van der Waals surface area contributed by atoms with E-state index in [1.54, 1.807) is 6.07 Å². The van der Waals surface area contributed by atoms with Crippen LogP contribution in [0, 0.1) is 13.8 Å². The third-order valence-electron chi connectivity index (χ3n) is 4.42. The molecule has 0 aromatic heterocycles. The molecule has 6 heteroatoms. The molecule has 2 aromatic carbocycles. The van der Waals surface area contributed by atoms with Crippen molar-refractivity contribution in [2.24, 2.45) is 0 Å². The van der Waals surface area contributed by atoms with Crippen LogP contribution in [0.3, 0.4) is 0 Å². The van der Waals surface area contributed by atoms with Crippen LogP contribution >= 0.6 is 0 Å². The van der Waals surface area contributed by atoms with E-state index in [-0.39, 0.29) is 5.57 Å². The molecular formula is C21H21N3O3. The second-order valence-corrected chi connectivity index (χ2v) is 6.73. The second kappa shape index (κ2) is 7.07. The summed E-state index contributed by atoms with van der Waals surface area (Å²) < 4.78 is 0. The molecule has 1 fully saturated rings. The molecule has 1 aliphatic rings. The van der Waals surface area contributed by atoms with Crippen molar-refractivity contribution in [2.75, 3.05) is 23.9 Å². The lowest BCUT2D eigenvalue weighted by Crippen LogP contribution is -2.54. The molecule has 1 aliphatic heterocycles. The Labute approximate surface area is 158 Å². The first kappa shape index (κ1) is 18.4. The average molecular weight is 363 g/mol. The number of anilines is 2. The predicted molar refractivity (Wildman–Crippen MR) is 106 cm³/mol. The van der Waals surface area contributed by atoms with Crippen molar-refractivity contribution in [1.82, 2.24) is 5.32 Å². The monoisotopic (exact) mass is 363 g/mol. The maximum absolute atomic E-state index is 12.9. The van der Waals surface area contributed by atoms with E-state index >= 15 is 0 Å². The molecule has 1 heterocycles. The summed E-state index contributed by atoms with van der Waals surface area (Å²) in [6.45, 7) is 3.75. The van der Waals surface area contributed by atoms with E-state index in [0.29, 0.717) is 11.3 Å². The van der Waals surface area contributed by atoms with Crippen LogP contribution in [0.4, 0.5) is 16.2 Å². The number of urea groups is 1. The molecule has 6 nitrogen and oxygen atoms in total. The van der Waals surface area contributed by atoms with Crippen LogP contribution in [0.2, 0.25) is 0 Å². The van der Waals surface area contributed by atoms with Crippen molar-refractivity contribution in [3.05, 3.63) is 64.7 Å². The summed E-state index contributed by atoms with van der Waals surface area (Å²) in [4.78, 5) is 40.5. The maximum atomic E-state index is 12.9. The van der Waals surface area contributed by atoms with Gasteiger partial charge < -0.3 is 4.90 Å². The molecule has 138 valence electrons. The van der Waals surface area contributed by atoms with E-state index in [9.17, 15) is 14.4 Å². The van der Waals surface area contributed by atoms with E-state index in [0.717, 1.165) is 21.7 Å². The minimum atomic E-state index is -0.739. The number of benzene rings is 2. The standard InChI is InChI=1S/C21H21N3O3/c1-13-5-10-18(14(2)11-13)24-20(26)17(19(25)22-21(24)27)12-15-6-8-16(9-7-15)23(3)4/h5-12H,1-4H3,(H,22,25,27)/b17-12-. The van der Waals surface area contributed by atoms with Gasteiger partial charge in [0, 0.05) is 19.8 Å². The highest BCUT2D eigenvalue weighted by Gasteiger charge is 2.37. The summed E-state index contributed by atoms with van der Waals surface area (Å²) in [5.74, 6) is -1.32. The summed E-state index contributed by atoms with van der Waals surface area (Å²) in [6, 6.07) is 12.1. The zero-order valence-corrected chi connectivity index (χ0v) is 15.7. The molecule has 1 N–H and O–H groups in total. The first-order valence-corrected chi connectivity index (χ1v) is 8.54. The lowest BCUT2D eigenvalue weighted by molar-refractivity contribution is -0.122. The Morgan fingerprint density at radius 3 is 2.22 bits per heavy atom. The predicted octanol–water partition coefficient (Wildman–Crippen LogP) is 3.04. The van der Waals surface area contributed by atoms with Gasteiger partial charge in [0.15, 0.2) is 0 Å². The zero-order valence-electron chi connectivity index (χ0n) is 15.7. The van der Waals surface area contributed by atoms with Gasteiger partial charge in [-0.2, -0.15) is 0 Å². The highest BCUT2D eigenvalue weighted by molar-refractivity contribution is 6.39. The van der Waals surface area contributed by atoms with E-state index in [4.69, 9.17) is 0 Å². The number of rotatable bonds is 3. The van der Waals surface area contributed by atoms with Gasteiger partial charge in [-0.15, -0.1) is 0 Å². The third kappa shape index (κ3) is 3.60. The van der Waals surface area contributed by atoms with Crippen LogP contribution in [-0.2, 0) is 9.59 Å². The van der Waals surface area contributed by atoms with E-state index in [2.05, 4.69) is 5.32 Å². The summed E-state index contributed by atoms with van der Waals surface area (Å²) in [5, 5.41) is 2.25. The molecule has 1 saturated heterocycles. The lowest BCUT2D eigenvalue weighted by Gasteiger charge is -2.27. The Kier molecular flexibility index (Phi) is 4.81. The Morgan fingerprint density at radius 1 is 0.963 bits per heavy atom. The van der Waals surface area contributed by atoms with Crippen molar-refractivity contribution in [3.8, 4) is 0 Å². The number of hydrogen-bond donors (Lipinski definition) is 1. The topological polar surface area (TPSA) is 69.7 Å². The first-order chi connectivity index (χ1) is 12.8. The van der Waals surface area contributed by atoms with E-state index in [1.807, 2.05) is 69.2 Å². The molecule has 3 rings (SSSR count). The number of nitrogens with one attached hydrogen (secondary N) is 1. The number of aryl methyl sites for hydroxylation is 2. The third-order valence-corrected chi connectivity index (χ3v) is 4.42. The van der Waals surface area contributed by atoms with Gasteiger partial charge in [-0.1, -0.05) is 29.8 Å². The van der Waals surface area contributed by atoms with Crippen molar-refractivity contribution in [1.29, 1.82) is 0 Å². The molecule has 27 heavy (non-hydrogen) atoms. The minimum absolute atomic E-state index is 0.0767. The number of carbonyl (C=O) groups is 3. The molecule has 0 saturated carbocycles. The fourth-order valence-electron chi connectivity index (χ4n) is 2.97. The van der Waals surface area contributed by atoms with E-state index in [1.165, 1.54) is 6.08 Å². The summed E-state index contributed by atoms with van der Waals surface area (Å²) in [7, 11) is 3.86. The van der Waals surface area contributed by atoms with Crippen LogP contribution in [0.5, 0.6) is 0 Å². The molecule has 0 bridgehead atoms. The Bertz CT molecular complexity index is 959. The summed E-state index contributed by atoms with van der Waals surface area (Å²) in [5.41, 5.74) is 3.89. The van der Waals surface area contributed by atoms with Crippen molar-refractivity contribution in [2.45, 2.75) is 13.8 Å². The summed E-state index contributed by atoms with van der Waals surface area (Å²) in [6.07, 6.45) is 1.50. The lowest BCUT2D eigenvalue weighted by atomic mass is 10.0.